The lowest BCUT2D eigenvalue weighted by Gasteiger charge is -2.04. The molecule has 0 aliphatic rings. The van der Waals surface area contributed by atoms with Gasteiger partial charge in [0.25, 0.3) is 0 Å². The number of rotatable bonds is 9. The standard InChI is InChI=1S/C13H21NOS/c14-8-4-10-16-11-5-9-15-12-13-6-2-1-3-7-13/h1-3,6-7H,4-5,8-12,14H2. The third kappa shape index (κ3) is 6.88. The van der Waals surface area contributed by atoms with E-state index >= 15 is 0 Å². The van der Waals surface area contributed by atoms with Crippen molar-refractivity contribution in [3.8, 4) is 0 Å². The van der Waals surface area contributed by atoms with Gasteiger partial charge in [-0.25, -0.2) is 0 Å². The van der Waals surface area contributed by atoms with Gasteiger partial charge in [0, 0.05) is 6.61 Å². The molecule has 0 radical (unpaired) electrons. The first-order valence-corrected chi connectivity index (χ1v) is 6.98. The van der Waals surface area contributed by atoms with E-state index in [9.17, 15) is 0 Å². The molecule has 0 aliphatic carbocycles. The van der Waals surface area contributed by atoms with Crippen LogP contribution in [-0.4, -0.2) is 24.7 Å². The van der Waals surface area contributed by atoms with E-state index in [0.717, 1.165) is 32.6 Å². The predicted octanol–water partition coefficient (Wildman–Crippen LogP) is 2.68. The van der Waals surface area contributed by atoms with Crippen LogP contribution < -0.4 is 5.73 Å². The van der Waals surface area contributed by atoms with Crippen molar-refractivity contribution in [2.24, 2.45) is 5.73 Å². The lowest BCUT2D eigenvalue weighted by atomic mass is 10.2. The SMILES string of the molecule is NCCCSCCCOCc1ccccc1. The van der Waals surface area contributed by atoms with Crippen molar-refractivity contribution in [3.05, 3.63) is 35.9 Å². The second-order valence-corrected chi connectivity index (χ2v) is 4.87. The lowest BCUT2D eigenvalue weighted by Crippen LogP contribution is -2.01. The summed E-state index contributed by atoms with van der Waals surface area (Å²) in [6.07, 6.45) is 2.25. The molecule has 0 bridgehead atoms. The molecule has 0 heterocycles. The molecular formula is C13H21NOS. The van der Waals surface area contributed by atoms with E-state index in [1.165, 1.54) is 17.1 Å². The second kappa shape index (κ2) is 9.70. The van der Waals surface area contributed by atoms with Crippen molar-refractivity contribution < 1.29 is 4.74 Å². The summed E-state index contributed by atoms with van der Waals surface area (Å²) in [5.74, 6) is 2.35. The Labute approximate surface area is 103 Å². The predicted molar refractivity (Wildman–Crippen MR) is 71.7 cm³/mol. The second-order valence-electron chi connectivity index (χ2n) is 3.65. The van der Waals surface area contributed by atoms with Gasteiger partial charge < -0.3 is 10.5 Å². The molecule has 1 aromatic carbocycles. The van der Waals surface area contributed by atoms with E-state index in [0.29, 0.717) is 0 Å². The van der Waals surface area contributed by atoms with E-state index in [-0.39, 0.29) is 0 Å². The third-order valence-corrected chi connectivity index (χ3v) is 3.34. The van der Waals surface area contributed by atoms with Crippen LogP contribution in [0.1, 0.15) is 18.4 Å². The topological polar surface area (TPSA) is 35.2 Å². The summed E-state index contributed by atoms with van der Waals surface area (Å²) in [5, 5.41) is 0. The smallest absolute Gasteiger partial charge is 0.0716 e. The first-order chi connectivity index (χ1) is 7.93. The van der Waals surface area contributed by atoms with Crippen LogP contribution in [0.25, 0.3) is 0 Å². The van der Waals surface area contributed by atoms with Crippen molar-refractivity contribution in [3.63, 3.8) is 0 Å². The first kappa shape index (κ1) is 13.6. The van der Waals surface area contributed by atoms with Crippen molar-refractivity contribution in [2.45, 2.75) is 19.4 Å². The van der Waals surface area contributed by atoms with Crippen LogP contribution in [0.5, 0.6) is 0 Å². The summed E-state index contributed by atoms with van der Waals surface area (Å²) in [6.45, 7) is 2.39. The van der Waals surface area contributed by atoms with E-state index < -0.39 is 0 Å². The van der Waals surface area contributed by atoms with Crippen LogP contribution in [0.15, 0.2) is 30.3 Å². The zero-order valence-corrected chi connectivity index (χ0v) is 10.5. The number of thioether (sulfide) groups is 1. The molecule has 0 atom stereocenters. The first-order valence-electron chi connectivity index (χ1n) is 5.83. The van der Waals surface area contributed by atoms with E-state index in [4.69, 9.17) is 10.5 Å². The average molecular weight is 239 g/mol. The molecule has 0 amide bonds. The number of benzene rings is 1. The molecule has 0 fully saturated rings. The molecule has 0 spiro atoms. The van der Waals surface area contributed by atoms with Gasteiger partial charge in [0.15, 0.2) is 0 Å². The number of hydrogen-bond acceptors (Lipinski definition) is 3. The molecule has 0 saturated heterocycles. The van der Waals surface area contributed by atoms with Gasteiger partial charge >= 0.3 is 0 Å². The molecule has 2 N–H and O–H groups in total. The molecule has 3 heteroatoms. The fraction of sp³-hybridized carbons (Fsp3) is 0.538. The van der Waals surface area contributed by atoms with Crippen LogP contribution in [0.3, 0.4) is 0 Å². The summed E-state index contributed by atoms with van der Waals surface area (Å²) in [6, 6.07) is 10.3. The molecular weight excluding hydrogens is 218 g/mol. The van der Waals surface area contributed by atoms with Crippen LogP contribution in [0, 0.1) is 0 Å². The summed E-state index contributed by atoms with van der Waals surface area (Å²) < 4.78 is 5.59. The summed E-state index contributed by atoms with van der Waals surface area (Å²) in [5.41, 5.74) is 6.67. The Morgan fingerprint density at radius 3 is 2.56 bits per heavy atom. The maximum atomic E-state index is 5.59. The summed E-state index contributed by atoms with van der Waals surface area (Å²) in [7, 11) is 0. The highest BCUT2D eigenvalue weighted by atomic mass is 32.2. The van der Waals surface area contributed by atoms with E-state index in [1.54, 1.807) is 0 Å². The van der Waals surface area contributed by atoms with Gasteiger partial charge in [-0.2, -0.15) is 11.8 Å². The number of nitrogens with two attached hydrogens (primary N) is 1. The molecule has 16 heavy (non-hydrogen) atoms. The summed E-state index contributed by atoms with van der Waals surface area (Å²) >= 11 is 1.96. The lowest BCUT2D eigenvalue weighted by molar-refractivity contribution is 0.122. The molecule has 2 nitrogen and oxygen atoms in total. The Morgan fingerprint density at radius 1 is 1.06 bits per heavy atom. The van der Waals surface area contributed by atoms with Gasteiger partial charge in [-0.15, -0.1) is 0 Å². The van der Waals surface area contributed by atoms with Crippen LogP contribution in [0.2, 0.25) is 0 Å². The molecule has 0 saturated carbocycles. The molecule has 1 rings (SSSR count). The van der Waals surface area contributed by atoms with Crippen molar-refractivity contribution >= 4 is 11.8 Å². The minimum absolute atomic E-state index is 0.730. The summed E-state index contributed by atoms with van der Waals surface area (Å²) in [4.78, 5) is 0. The van der Waals surface area contributed by atoms with Crippen molar-refractivity contribution in [2.75, 3.05) is 24.7 Å². The maximum absolute atomic E-state index is 5.59. The van der Waals surface area contributed by atoms with Gasteiger partial charge in [-0.1, -0.05) is 30.3 Å². The normalized spacial score (nSPS) is 10.6. The fourth-order valence-corrected chi connectivity index (χ4v) is 2.21. The van der Waals surface area contributed by atoms with E-state index in [2.05, 4.69) is 12.1 Å². The quantitative estimate of drug-likeness (QED) is 0.673. The Hall–Kier alpha value is -0.510. The van der Waals surface area contributed by atoms with Gasteiger partial charge in [-0.05, 0) is 36.5 Å². The van der Waals surface area contributed by atoms with Crippen LogP contribution >= 0.6 is 11.8 Å². The molecule has 0 aliphatic heterocycles. The molecule has 90 valence electrons. The number of ether oxygens (including phenoxy) is 1. The largest absolute Gasteiger partial charge is 0.377 e. The monoisotopic (exact) mass is 239 g/mol. The maximum Gasteiger partial charge on any atom is 0.0716 e. The van der Waals surface area contributed by atoms with Crippen LogP contribution in [-0.2, 0) is 11.3 Å². The minimum Gasteiger partial charge on any atom is -0.377 e. The number of hydrogen-bond donors (Lipinski definition) is 1. The zero-order valence-electron chi connectivity index (χ0n) is 9.73. The van der Waals surface area contributed by atoms with Crippen molar-refractivity contribution in [1.29, 1.82) is 0 Å². The molecule has 1 aromatic rings. The Balaban J connectivity index is 1.89. The average Bonchev–Trinajstić information content (AvgIpc) is 2.34. The van der Waals surface area contributed by atoms with Gasteiger partial charge in [0.1, 0.15) is 0 Å². The van der Waals surface area contributed by atoms with Gasteiger partial charge in [-0.3, -0.25) is 0 Å². The molecule has 0 unspecified atom stereocenters. The van der Waals surface area contributed by atoms with E-state index in [1.807, 2.05) is 30.0 Å². The van der Waals surface area contributed by atoms with Crippen molar-refractivity contribution in [1.82, 2.24) is 0 Å². The van der Waals surface area contributed by atoms with Gasteiger partial charge in [0.05, 0.1) is 6.61 Å². The Bertz CT molecular complexity index is 253. The van der Waals surface area contributed by atoms with Crippen LogP contribution in [0.4, 0.5) is 0 Å². The fourth-order valence-electron chi connectivity index (χ4n) is 1.31. The Morgan fingerprint density at radius 2 is 1.81 bits per heavy atom. The van der Waals surface area contributed by atoms with Gasteiger partial charge in [0.2, 0.25) is 0 Å². The molecule has 0 aromatic heterocycles. The zero-order chi connectivity index (χ0) is 11.5. The Kier molecular flexibility index (Phi) is 8.22. The highest BCUT2D eigenvalue weighted by Gasteiger charge is 1.93. The minimum atomic E-state index is 0.730. The third-order valence-electron chi connectivity index (χ3n) is 2.18. The highest BCUT2D eigenvalue weighted by molar-refractivity contribution is 7.99. The highest BCUT2D eigenvalue weighted by Crippen LogP contribution is 2.05.